The van der Waals surface area contributed by atoms with Crippen LogP contribution in [0.25, 0.3) is 0 Å². The first kappa shape index (κ1) is 10.8. The minimum Gasteiger partial charge on any atom is -0.409 e. The predicted octanol–water partition coefficient (Wildman–Crippen LogP) is 1.95. The molecular weight excluding hydrogens is 234 g/mol. The van der Waals surface area contributed by atoms with Gasteiger partial charge in [-0.25, -0.2) is 0 Å². The van der Waals surface area contributed by atoms with E-state index < -0.39 is 5.79 Å². The Labute approximate surface area is 96.5 Å². The quantitative estimate of drug-likeness (QED) is 0.743. The Morgan fingerprint density at radius 1 is 1.56 bits per heavy atom. The zero-order valence-corrected chi connectivity index (χ0v) is 9.10. The second-order valence-electron chi connectivity index (χ2n) is 3.24. The van der Waals surface area contributed by atoms with Crippen molar-refractivity contribution in [2.75, 3.05) is 0 Å². The number of aldehydes is 1. The van der Waals surface area contributed by atoms with Crippen LogP contribution in [0.15, 0.2) is 29.4 Å². The van der Waals surface area contributed by atoms with Gasteiger partial charge >= 0.3 is 11.9 Å². The summed E-state index contributed by atoms with van der Waals surface area (Å²) in [6.45, 7) is 1.43. The maximum absolute atomic E-state index is 10.6. The summed E-state index contributed by atoms with van der Waals surface area (Å²) in [5.41, 5.74) is 0. The molecule has 1 aromatic rings. The van der Waals surface area contributed by atoms with Crippen molar-refractivity contribution in [1.29, 1.82) is 0 Å². The lowest BCUT2D eigenvalue weighted by Crippen LogP contribution is -2.30. The summed E-state index contributed by atoms with van der Waals surface area (Å²) in [4.78, 5) is 15.3. The van der Waals surface area contributed by atoms with Crippen LogP contribution in [0, 0.1) is 0 Å². The second-order valence-corrected chi connectivity index (χ2v) is 3.68. The summed E-state index contributed by atoms with van der Waals surface area (Å²) in [5.74, 6) is -0.960. The van der Waals surface area contributed by atoms with Crippen LogP contribution in [0.3, 0.4) is 0 Å². The topological polar surface area (TPSA) is 57.1 Å². The molecule has 1 heterocycles. The summed E-state index contributed by atoms with van der Waals surface area (Å²) in [6.07, 6.45) is 0.363. The van der Waals surface area contributed by atoms with Gasteiger partial charge in [0, 0.05) is 11.9 Å². The number of carbonyl (C=O) groups excluding carboxylic acids is 1. The molecule has 0 amide bonds. The molecule has 0 bridgehead atoms. The molecule has 84 valence electrons. The van der Waals surface area contributed by atoms with E-state index in [2.05, 4.69) is 5.16 Å². The van der Waals surface area contributed by atoms with E-state index in [4.69, 9.17) is 25.9 Å². The third-order valence-electron chi connectivity index (χ3n) is 1.81. The normalized spacial score (nSPS) is 23.0. The fourth-order valence-corrected chi connectivity index (χ4v) is 1.24. The van der Waals surface area contributed by atoms with E-state index in [1.54, 1.807) is 24.3 Å². The van der Waals surface area contributed by atoms with E-state index in [9.17, 15) is 4.79 Å². The fourth-order valence-electron chi connectivity index (χ4n) is 1.05. The molecule has 0 spiro atoms. The molecule has 16 heavy (non-hydrogen) atoms. The van der Waals surface area contributed by atoms with Gasteiger partial charge < -0.3 is 14.3 Å². The Kier molecular flexibility index (Phi) is 2.70. The van der Waals surface area contributed by atoms with Crippen LogP contribution in [0.4, 0.5) is 0 Å². The number of rotatable bonds is 2. The zero-order chi connectivity index (χ0) is 11.6. The van der Waals surface area contributed by atoms with Gasteiger partial charge in [0.1, 0.15) is 5.75 Å². The van der Waals surface area contributed by atoms with Crippen molar-refractivity contribution >= 4 is 24.0 Å². The smallest absolute Gasteiger partial charge is 0.409 e. The van der Waals surface area contributed by atoms with Gasteiger partial charge in [-0.3, -0.25) is 4.79 Å². The molecule has 6 heteroatoms. The van der Waals surface area contributed by atoms with Gasteiger partial charge in [-0.05, 0) is 23.4 Å². The zero-order valence-electron chi connectivity index (χ0n) is 8.34. The van der Waals surface area contributed by atoms with Crippen LogP contribution in [0.5, 0.6) is 5.75 Å². The molecule has 1 aliphatic rings. The lowest BCUT2D eigenvalue weighted by molar-refractivity contribution is -0.162. The molecule has 0 fully saturated rings. The minimum atomic E-state index is -1.41. The maximum Gasteiger partial charge on any atom is 0.431 e. The molecule has 5 nitrogen and oxygen atoms in total. The van der Waals surface area contributed by atoms with Gasteiger partial charge in [-0.15, -0.1) is 0 Å². The first-order chi connectivity index (χ1) is 7.61. The molecule has 0 saturated heterocycles. The third kappa shape index (κ3) is 2.25. The maximum atomic E-state index is 10.6. The SMILES string of the molecule is CC1(C=O)ON=C(Oc2cccc(Cl)c2)O1. The first-order valence-electron chi connectivity index (χ1n) is 4.46. The fraction of sp³-hybridized carbons (Fsp3) is 0.200. The van der Waals surface area contributed by atoms with Gasteiger partial charge in [-0.2, -0.15) is 0 Å². The van der Waals surface area contributed by atoms with Crippen molar-refractivity contribution < 1.29 is 19.1 Å². The Hall–Kier alpha value is -1.75. The number of benzene rings is 1. The number of nitrogens with zero attached hydrogens (tertiary/aromatic N) is 1. The van der Waals surface area contributed by atoms with Crippen LogP contribution in [-0.2, 0) is 14.4 Å². The van der Waals surface area contributed by atoms with Gasteiger partial charge in [0.05, 0.1) is 0 Å². The highest BCUT2D eigenvalue weighted by atomic mass is 35.5. The molecule has 1 unspecified atom stereocenters. The molecular formula is C10H8ClNO4. The Bertz CT molecular complexity index is 448. The van der Waals surface area contributed by atoms with Crippen LogP contribution in [-0.4, -0.2) is 18.2 Å². The lowest BCUT2D eigenvalue weighted by Gasteiger charge is -2.12. The molecule has 1 aromatic carbocycles. The molecule has 0 aromatic heterocycles. The van der Waals surface area contributed by atoms with Crippen LogP contribution < -0.4 is 4.74 Å². The highest BCUT2D eigenvalue weighted by molar-refractivity contribution is 6.30. The van der Waals surface area contributed by atoms with Gasteiger partial charge in [0.2, 0.25) is 6.29 Å². The van der Waals surface area contributed by atoms with Crippen LogP contribution >= 0.6 is 11.6 Å². The Balaban J connectivity index is 2.05. The largest absolute Gasteiger partial charge is 0.431 e. The third-order valence-corrected chi connectivity index (χ3v) is 2.04. The van der Waals surface area contributed by atoms with E-state index in [-0.39, 0.29) is 6.08 Å². The first-order valence-corrected chi connectivity index (χ1v) is 4.84. The Morgan fingerprint density at radius 3 is 3.00 bits per heavy atom. The summed E-state index contributed by atoms with van der Waals surface area (Å²) < 4.78 is 10.2. The molecule has 0 radical (unpaired) electrons. The summed E-state index contributed by atoms with van der Waals surface area (Å²) in [5, 5.41) is 4.01. The van der Waals surface area contributed by atoms with Crippen molar-refractivity contribution in [3.63, 3.8) is 0 Å². The van der Waals surface area contributed by atoms with Crippen molar-refractivity contribution in [3.05, 3.63) is 29.3 Å². The molecule has 0 N–H and O–H groups in total. The number of carbonyl (C=O) groups is 1. The highest BCUT2D eigenvalue weighted by Gasteiger charge is 2.37. The number of halogens is 1. The molecule has 2 rings (SSSR count). The van der Waals surface area contributed by atoms with Gasteiger partial charge in [0.15, 0.2) is 0 Å². The van der Waals surface area contributed by atoms with Gasteiger partial charge in [0.25, 0.3) is 0 Å². The minimum absolute atomic E-state index is 0.128. The van der Waals surface area contributed by atoms with Crippen molar-refractivity contribution in [2.45, 2.75) is 12.7 Å². The average Bonchev–Trinajstić information content (AvgIpc) is 2.61. The predicted molar refractivity (Wildman–Crippen MR) is 56.2 cm³/mol. The van der Waals surface area contributed by atoms with Crippen LogP contribution in [0.1, 0.15) is 6.92 Å². The highest BCUT2D eigenvalue weighted by Crippen LogP contribution is 2.22. The second kappa shape index (κ2) is 4.02. The molecule has 0 saturated carbocycles. The van der Waals surface area contributed by atoms with Crippen molar-refractivity contribution in [3.8, 4) is 5.75 Å². The standard InChI is InChI=1S/C10H8ClNO4/c1-10(6-13)15-9(12-16-10)14-8-4-2-3-7(11)5-8/h2-6H,1H3. The van der Waals surface area contributed by atoms with E-state index in [0.717, 1.165) is 0 Å². The molecule has 0 aliphatic carbocycles. The summed E-state index contributed by atoms with van der Waals surface area (Å²) in [7, 11) is 0. The van der Waals surface area contributed by atoms with Crippen molar-refractivity contribution in [2.24, 2.45) is 5.16 Å². The van der Waals surface area contributed by atoms with E-state index in [1.807, 2.05) is 0 Å². The number of ether oxygens (including phenoxy) is 2. The number of hydrogen-bond acceptors (Lipinski definition) is 5. The number of oxime groups is 1. The monoisotopic (exact) mass is 241 g/mol. The van der Waals surface area contributed by atoms with Gasteiger partial charge in [-0.1, -0.05) is 17.7 Å². The van der Waals surface area contributed by atoms with E-state index >= 15 is 0 Å². The lowest BCUT2D eigenvalue weighted by atomic mass is 10.3. The van der Waals surface area contributed by atoms with Crippen molar-refractivity contribution in [1.82, 2.24) is 0 Å². The van der Waals surface area contributed by atoms with E-state index in [1.165, 1.54) is 6.92 Å². The average molecular weight is 242 g/mol. The Morgan fingerprint density at radius 2 is 2.38 bits per heavy atom. The summed E-state index contributed by atoms with van der Waals surface area (Å²) >= 11 is 5.77. The van der Waals surface area contributed by atoms with Crippen LogP contribution in [0.2, 0.25) is 5.02 Å². The molecule has 1 atom stereocenters. The molecule has 1 aliphatic heterocycles. The van der Waals surface area contributed by atoms with E-state index in [0.29, 0.717) is 17.1 Å². The number of hydrogen-bond donors (Lipinski definition) is 0. The summed E-state index contributed by atoms with van der Waals surface area (Å²) in [6, 6.07) is 6.68.